The lowest BCUT2D eigenvalue weighted by Gasteiger charge is -2.32. The number of nitrogens with one attached hydrogen (secondary N) is 2. The standard InChI is InChI=1S/C19H25N3O4/c1-13-11-17(23)20-15-5-3-4-6-16(15)22(13)18(24)12-21-9-7-14(8-10-21)19(25)26-2/h3-6,13-14H,7-12H2,1-2H3,(H,20,23)/p+1/t13-/m0/s1. The third kappa shape index (κ3) is 3.88. The molecule has 1 aromatic rings. The molecule has 7 heteroatoms. The maximum absolute atomic E-state index is 13.0. The van der Waals surface area contributed by atoms with Crippen LogP contribution in [-0.4, -0.2) is 50.6 Å². The van der Waals surface area contributed by atoms with Crippen LogP contribution < -0.4 is 15.1 Å². The molecule has 1 fully saturated rings. The Morgan fingerprint density at radius 3 is 2.65 bits per heavy atom. The number of rotatable bonds is 3. The van der Waals surface area contributed by atoms with Gasteiger partial charge in [-0.3, -0.25) is 14.4 Å². The molecule has 1 aromatic carbocycles. The topological polar surface area (TPSA) is 80.2 Å². The lowest BCUT2D eigenvalue weighted by Crippen LogP contribution is -3.14. The van der Waals surface area contributed by atoms with Crippen molar-refractivity contribution in [2.24, 2.45) is 5.92 Å². The van der Waals surface area contributed by atoms with E-state index in [9.17, 15) is 14.4 Å². The maximum atomic E-state index is 13.0. The van der Waals surface area contributed by atoms with Gasteiger partial charge in [0.05, 0.1) is 37.5 Å². The molecular weight excluding hydrogens is 334 g/mol. The molecule has 0 spiro atoms. The molecule has 0 aliphatic carbocycles. The molecule has 2 aliphatic heterocycles. The Kier molecular flexibility index (Phi) is 5.56. The molecule has 140 valence electrons. The Morgan fingerprint density at radius 2 is 1.96 bits per heavy atom. The SMILES string of the molecule is COC(=O)C1CC[NH+](CC(=O)N2c3ccccc3NC(=O)C[C@@H]2C)CC1. The molecule has 0 saturated carbocycles. The quantitative estimate of drug-likeness (QED) is 0.756. The predicted octanol–water partition coefficient (Wildman–Crippen LogP) is 0.218. The summed E-state index contributed by atoms with van der Waals surface area (Å²) in [6.45, 7) is 3.80. The zero-order chi connectivity index (χ0) is 18.7. The van der Waals surface area contributed by atoms with Crippen LogP contribution in [0.2, 0.25) is 0 Å². The van der Waals surface area contributed by atoms with Gasteiger partial charge in [0.1, 0.15) is 0 Å². The number of benzene rings is 1. The van der Waals surface area contributed by atoms with Crippen molar-refractivity contribution in [1.82, 2.24) is 0 Å². The van der Waals surface area contributed by atoms with E-state index >= 15 is 0 Å². The number of esters is 1. The highest BCUT2D eigenvalue weighted by Gasteiger charge is 2.34. The Bertz CT molecular complexity index is 698. The van der Waals surface area contributed by atoms with E-state index in [4.69, 9.17) is 4.74 Å². The van der Waals surface area contributed by atoms with Crippen LogP contribution in [-0.2, 0) is 19.1 Å². The van der Waals surface area contributed by atoms with E-state index in [1.165, 1.54) is 12.0 Å². The summed E-state index contributed by atoms with van der Waals surface area (Å²) >= 11 is 0. The first-order chi connectivity index (χ1) is 12.5. The molecule has 2 heterocycles. The van der Waals surface area contributed by atoms with Crippen molar-refractivity contribution in [1.29, 1.82) is 0 Å². The Balaban J connectivity index is 1.69. The lowest BCUT2D eigenvalue weighted by molar-refractivity contribution is -0.897. The summed E-state index contributed by atoms with van der Waals surface area (Å²) in [5.74, 6) is -0.284. The van der Waals surface area contributed by atoms with Crippen LogP contribution in [0.1, 0.15) is 26.2 Å². The van der Waals surface area contributed by atoms with Gasteiger partial charge in [-0.05, 0) is 19.1 Å². The van der Waals surface area contributed by atoms with E-state index in [0.29, 0.717) is 12.2 Å². The minimum atomic E-state index is -0.196. The van der Waals surface area contributed by atoms with Gasteiger partial charge in [-0.15, -0.1) is 0 Å². The molecule has 7 nitrogen and oxygen atoms in total. The summed E-state index contributed by atoms with van der Waals surface area (Å²) in [4.78, 5) is 39.6. The third-order valence-corrected chi connectivity index (χ3v) is 5.26. The number of anilines is 2. The average molecular weight is 360 g/mol. The molecule has 0 radical (unpaired) electrons. The second-order valence-electron chi connectivity index (χ2n) is 7.11. The van der Waals surface area contributed by atoms with Crippen molar-refractivity contribution < 1.29 is 24.0 Å². The van der Waals surface area contributed by atoms with Gasteiger partial charge in [0.25, 0.3) is 5.91 Å². The number of methoxy groups -OCH3 is 1. The largest absolute Gasteiger partial charge is 0.469 e. The number of likely N-dealkylation sites (tertiary alicyclic amines) is 1. The molecule has 3 rings (SSSR count). The number of fused-ring (bicyclic) bond motifs is 1. The summed E-state index contributed by atoms with van der Waals surface area (Å²) in [6, 6.07) is 7.21. The molecule has 0 bridgehead atoms. The van der Waals surface area contributed by atoms with Gasteiger partial charge in [-0.2, -0.15) is 0 Å². The summed E-state index contributed by atoms with van der Waals surface area (Å²) < 4.78 is 4.82. The van der Waals surface area contributed by atoms with Gasteiger partial charge in [-0.1, -0.05) is 12.1 Å². The van der Waals surface area contributed by atoms with Crippen LogP contribution in [0.3, 0.4) is 0 Å². The highest BCUT2D eigenvalue weighted by Crippen LogP contribution is 2.31. The van der Waals surface area contributed by atoms with Gasteiger partial charge in [0, 0.05) is 25.3 Å². The Morgan fingerprint density at radius 1 is 1.27 bits per heavy atom. The number of carbonyl (C=O) groups is 3. The lowest BCUT2D eigenvalue weighted by atomic mass is 9.97. The van der Waals surface area contributed by atoms with Crippen molar-refractivity contribution in [2.75, 3.05) is 37.0 Å². The Labute approximate surface area is 153 Å². The number of amides is 2. The van der Waals surface area contributed by atoms with Crippen LogP contribution in [0.4, 0.5) is 11.4 Å². The first-order valence-corrected chi connectivity index (χ1v) is 9.12. The number of para-hydroxylation sites is 2. The fourth-order valence-corrected chi connectivity index (χ4v) is 3.87. The molecule has 2 aliphatic rings. The normalized spacial score (nSPS) is 25.7. The second kappa shape index (κ2) is 7.86. The summed E-state index contributed by atoms with van der Waals surface area (Å²) in [5.41, 5.74) is 1.43. The highest BCUT2D eigenvalue weighted by molar-refractivity contribution is 6.04. The fraction of sp³-hybridized carbons (Fsp3) is 0.526. The van der Waals surface area contributed by atoms with Crippen LogP contribution in [0, 0.1) is 5.92 Å². The number of ether oxygens (including phenoxy) is 1. The fourth-order valence-electron chi connectivity index (χ4n) is 3.87. The zero-order valence-electron chi connectivity index (χ0n) is 15.3. The zero-order valence-corrected chi connectivity index (χ0v) is 15.3. The Hall–Kier alpha value is -2.41. The van der Waals surface area contributed by atoms with Gasteiger partial charge in [0.2, 0.25) is 5.91 Å². The molecule has 0 aromatic heterocycles. The van der Waals surface area contributed by atoms with Crippen LogP contribution >= 0.6 is 0 Å². The predicted molar refractivity (Wildman–Crippen MR) is 96.9 cm³/mol. The van der Waals surface area contributed by atoms with Crippen LogP contribution in [0.5, 0.6) is 0 Å². The first kappa shape index (κ1) is 18.4. The second-order valence-corrected chi connectivity index (χ2v) is 7.11. The van der Waals surface area contributed by atoms with Crippen molar-refractivity contribution in [3.05, 3.63) is 24.3 Å². The molecule has 0 unspecified atom stereocenters. The van der Waals surface area contributed by atoms with E-state index in [2.05, 4.69) is 5.32 Å². The smallest absolute Gasteiger partial charge is 0.309 e. The van der Waals surface area contributed by atoms with Crippen molar-refractivity contribution in [3.63, 3.8) is 0 Å². The van der Waals surface area contributed by atoms with E-state index in [1.807, 2.05) is 31.2 Å². The summed E-state index contributed by atoms with van der Waals surface area (Å²) in [6.07, 6.45) is 1.75. The van der Waals surface area contributed by atoms with Gasteiger partial charge < -0.3 is 19.9 Å². The van der Waals surface area contributed by atoms with Crippen molar-refractivity contribution >= 4 is 29.2 Å². The molecule has 1 saturated heterocycles. The highest BCUT2D eigenvalue weighted by atomic mass is 16.5. The molecular formula is C19H26N3O4+. The number of carbonyl (C=O) groups excluding carboxylic acids is 3. The molecule has 26 heavy (non-hydrogen) atoms. The van der Waals surface area contributed by atoms with E-state index in [-0.39, 0.29) is 36.2 Å². The molecule has 1 atom stereocenters. The van der Waals surface area contributed by atoms with E-state index in [1.54, 1.807) is 4.90 Å². The number of piperidine rings is 1. The van der Waals surface area contributed by atoms with Crippen molar-refractivity contribution in [3.8, 4) is 0 Å². The summed E-state index contributed by atoms with van der Waals surface area (Å²) in [5, 5.41) is 2.87. The monoisotopic (exact) mass is 360 g/mol. The first-order valence-electron chi connectivity index (χ1n) is 9.12. The van der Waals surface area contributed by atoms with E-state index < -0.39 is 0 Å². The van der Waals surface area contributed by atoms with Crippen LogP contribution in [0.25, 0.3) is 0 Å². The maximum Gasteiger partial charge on any atom is 0.309 e. The van der Waals surface area contributed by atoms with Gasteiger partial charge in [-0.25, -0.2) is 0 Å². The number of quaternary nitrogens is 1. The number of hydrogen-bond donors (Lipinski definition) is 2. The number of nitrogens with zero attached hydrogens (tertiary/aromatic N) is 1. The van der Waals surface area contributed by atoms with E-state index in [0.717, 1.165) is 31.6 Å². The van der Waals surface area contributed by atoms with Crippen LogP contribution in [0.15, 0.2) is 24.3 Å². The number of hydrogen-bond acceptors (Lipinski definition) is 4. The molecule has 2 amide bonds. The summed E-state index contributed by atoms with van der Waals surface area (Å²) in [7, 11) is 1.42. The minimum absolute atomic E-state index is 0.00738. The van der Waals surface area contributed by atoms with Gasteiger partial charge in [0.15, 0.2) is 6.54 Å². The van der Waals surface area contributed by atoms with Crippen molar-refractivity contribution in [2.45, 2.75) is 32.2 Å². The average Bonchev–Trinajstić information content (AvgIpc) is 2.75. The van der Waals surface area contributed by atoms with Gasteiger partial charge >= 0.3 is 5.97 Å². The minimum Gasteiger partial charge on any atom is -0.469 e. The third-order valence-electron chi connectivity index (χ3n) is 5.26. The molecule has 2 N–H and O–H groups in total.